The minimum Gasteiger partial charge on any atom is -0.492 e. The van der Waals surface area contributed by atoms with Crippen molar-refractivity contribution in [1.82, 2.24) is 14.3 Å². The molecule has 4 rings (SSSR count). The highest BCUT2D eigenvalue weighted by molar-refractivity contribution is 5.93. The van der Waals surface area contributed by atoms with E-state index in [0.717, 1.165) is 12.0 Å². The minimum absolute atomic E-state index is 0.0768. The molecule has 7 nitrogen and oxygen atoms in total. The van der Waals surface area contributed by atoms with E-state index in [0.29, 0.717) is 34.8 Å². The van der Waals surface area contributed by atoms with Crippen molar-refractivity contribution in [2.24, 2.45) is 0 Å². The van der Waals surface area contributed by atoms with Crippen molar-refractivity contribution in [3.05, 3.63) is 82.8 Å². The molecule has 0 aliphatic heterocycles. The fourth-order valence-corrected chi connectivity index (χ4v) is 3.58. The van der Waals surface area contributed by atoms with E-state index in [4.69, 9.17) is 4.74 Å². The average Bonchev–Trinajstić information content (AvgIpc) is 3.07. The molecule has 158 valence electrons. The van der Waals surface area contributed by atoms with Gasteiger partial charge >= 0.3 is 0 Å². The Morgan fingerprint density at radius 1 is 1.06 bits per heavy atom. The molecule has 2 aromatic heterocycles. The average molecular weight is 416 g/mol. The number of amides is 1. The first-order valence-electron chi connectivity index (χ1n) is 10.3. The Kier molecular flexibility index (Phi) is 5.84. The summed E-state index contributed by atoms with van der Waals surface area (Å²) in [5, 5.41) is 3.36. The molecule has 2 heterocycles. The van der Waals surface area contributed by atoms with Gasteiger partial charge in [-0.1, -0.05) is 31.2 Å². The highest BCUT2D eigenvalue weighted by atomic mass is 16.5. The van der Waals surface area contributed by atoms with E-state index in [1.165, 1.54) is 4.68 Å². The van der Waals surface area contributed by atoms with Crippen LogP contribution in [0.4, 0.5) is 5.69 Å². The number of carbonyl (C=O) groups excluding carboxylic acids is 1. The summed E-state index contributed by atoms with van der Waals surface area (Å²) in [6, 6.07) is 18.5. The van der Waals surface area contributed by atoms with Gasteiger partial charge in [-0.25, -0.2) is 9.67 Å². The normalized spacial score (nSPS) is 10.9. The summed E-state index contributed by atoms with van der Waals surface area (Å²) >= 11 is 0. The van der Waals surface area contributed by atoms with Gasteiger partial charge in [0, 0.05) is 6.20 Å². The number of hydrogen-bond acceptors (Lipinski definition) is 4. The molecule has 7 heteroatoms. The van der Waals surface area contributed by atoms with E-state index in [-0.39, 0.29) is 18.0 Å². The van der Waals surface area contributed by atoms with Crippen LogP contribution in [-0.2, 0) is 17.8 Å². The number of aromatic nitrogens is 3. The summed E-state index contributed by atoms with van der Waals surface area (Å²) in [4.78, 5) is 30.5. The fourth-order valence-electron chi connectivity index (χ4n) is 3.58. The second-order valence-corrected chi connectivity index (χ2v) is 7.05. The van der Waals surface area contributed by atoms with E-state index >= 15 is 0 Å². The van der Waals surface area contributed by atoms with Crippen molar-refractivity contribution < 1.29 is 9.53 Å². The lowest BCUT2D eigenvalue weighted by Gasteiger charge is -2.14. The number of ether oxygens (including phenoxy) is 1. The van der Waals surface area contributed by atoms with E-state index in [1.54, 1.807) is 35.1 Å². The molecule has 1 amide bonds. The summed E-state index contributed by atoms with van der Waals surface area (Å²) in [5.74, 6) is 0.317. The number of rotatable bonds is 7. The van der Waals surface area contributed by atoms with Crippen LogP contribution < -0.4 is 15.6 Å². The molecule has 0 bridgehead atoms. The first kappa shape index (κ1) is 20.4. The lowest BCUT2D eigenvalue weighted by Crippen LogP contribution is -2.27. The van der Waals surface area contributed by atoms with Gasteiger partial charge in [-0.05, 0) is 55.3 Å². The van der Waals surface area contributed by atoms with Gasteiger partial charge in [0.25, 0.3) is 5.56 Å². The minimum atomic E-state index is -0.282. The van der Waals surface area contributed by atoms with E-state index in [9.17, 15) is 9.59 Å². The van der Waals surface area contributed by atoms with Crippen LogP contribution in [0, 0.1) is 0 Å². The van der Waals surface area contributed by atoms with E-state index in [2.05, 4.69) is 17.2 Å². The third kappa shape index (κ3) is 4.07. The molecule has 4 aromatic rings. The molecule has 0 radical (unpaired) electrons. The predicted octanol–water partition coefficient (Wildman–Crippen LogP) is 3.79. The molecule has 0 saturated carbocycles. The van der Waals surface area contributed by atoms with Gasteiger partial charge in [0.05, 0.1) is 23.4 Å². The molecule has 0 saturated heterocycles. The maximum absolute atomic E-state index is 13.2. The second kappa shape index (κ2) is 8.87. The van der Waals surface area contributed by atoms with Crippen LogP contribution in [0.5, 0.6) is 5.75 Å². The van der Waals surface area contributed by atoms with Crippen molar-refractivity contribution in [3.63, 3.8) is 0 Å². The molecular weight excluding hydrogens is 392 g/mol. The van der Waals surface area contributed by atoms with Crippen LogP contribution >= 0.6 is 0 Å². The topological polar surface area (TPSA) is 78.2 Å². The lowest BCUT2D eigenvalue weighted by molar-refractivity contribution is -0.117. The van der Waals surface area contributed by atoms with Crippen LogP contribution in [0.1, 0.15) is 19.4 Å². The van der Waals surface area contributed by atoms with Gasteiger partial charge in [-0.2, -0.15) is 0 Å². The van der Waals surface area contributed by atoms with Crippen LogP contribution in [-0.4, -0.2) is 26.9 Å². The standard InChI is InChI=1S/C24H24N4O3/c1-3-17-9-7-10-18(15-17)28-24(30)19-11-8-14-25-23(19)27(28)16-22(29)26-20-12-5-6-13-21(20)31-4-2/h5-15H,3-4,16H2,1-2H3,(H,26,29). The number of fused-ring (bicyclic) bond motifs is 1. The van der Waals surface area contributed by atoms with Gasteiger partial charge in [-0.3, -0.25) is 14.3 Å². The maximum atomic E-state index is 13.2. The molecular formula is C24H24N4O3. The maximum Gasteiger partial charge on any atom is 0.280 e. The SMILES string of the molecule is CCOc1ccccc1NC(=O)Cn1c2ncccc2c(=O)n1-c1cccc(CC)c1. The van der Waals surface area contributed by atoms with Crippen LogP contribution in [0.15, 0.2) is 71.7 Å². The summed E-state index contributed by atoms with van der Waals surface area (Å²) < 4.78 is 8.73. The van der Waals surface area contributed by atoms with Gasteiger partial charge in [0.15, 0.2) is 5.65 Å². The number of nitrogens with one attached hydrogen (secondary N) is 1. The van der Waals surface area contributed by atoms with Gasteiger partial charge in [0.2, 0.25) is 5.91 Å². The number of anilines is 1. The largest absolute Gasteiger partial charge is 0.492 e. The van der Waals surface area contributed by atoms with Crippen molar-refractivity contribution >= 4 is 22.6 Å². The summed E-state index contributed by atoms with van der Waals surface area (Å²) in [6.45, 7) is 4.36. The van der Waals surface area contributed by atoms with Crippen LogP contribution in [0.25, 0.3) is 16.7 Å². The molecule has 0 aliphatic rings. The Bertz CT molecular complexity index is 1290. The highest BCUT2D eigenvalue weighted by Gasteiger charge is 2.18. The molecule has 0 spiro atoms. The molecule has 0 unspecified atom stereocenters. The zero-order chi connectivity index (χ0) is 21.8. The third-order valence-corrected chi connectivity index (χ3v) is 5.01. The van der Waals surface area contributed by atoms with E-state index < -0.39 is 0 Å². The summed E-state index contributed by atoms with van der Waals surface area (Å²) in [5.41, 5.74) is 2.64. The first-order valence-corrected chi connectivity index (χ1v) is 10.3. The summed E-state index contributed by atoms with van der Waals surface area (Å²) in [7, 11) is 0. The Balaban J connectivity index is 1.75. The smallest absolute Gasteiger partial charge is 0.280 e. The van der Waals surface area contributed by atoms with Gasteiger partial charge in [-0.15, -0.1) is 0 Å². The first-order chi connectivity index (χ1) is 15.1. The van der Waals surface area contributed by atoms with E-state index in [1.807, 2.05) is 43.3 Å². The van der Waals surface area contributed by atoms with Crippen molar-refractivity contribution in [2.75, 3.05) is 11.9 Å². The number of aryl methyl sites for hydroxylation is 1. The third-order valence-electron chi connectivity index (χ3n) is 5.01. The van der Waals surface area contributed by atoms with Gasteiger partial charge < -0.3 is 10.1 Å². The molecule has 0 fully saturated rings. The Morgan fingerprint density at radius 2 is 1.90 bits per heavy atom. The second-order valence-electron chi connectivity index (χ2n) is 7.05. The van der Waals surface area contributed by atoms with Crippen molar-refractivity contribution in [1.29, 1.82) is 0 Å². The quantitative estimate of drug-likeness (QED) is 0.497. The fraction of sp³-hybridized carbons (Fsp3) is 0.208. The van der Waals surface area contributed by atoms with Crippen LogP contribution in [0.2, 0.25) is 0 Å². The zero-order valence-electron chi connectivity index (χ0n) is 17.5. The molecule has 0 aliphatic carbocycles. The Morgan fingerprint density at radius 3 is 2.71 bits per heavy atom. The Labute approximate surface area is 179 Å². The number of para-hydroxylation sites is 2. The number of carbonyl (C=O) groups is 1. The molecule has 1 N–H and O–H groups in total. The number of nitrogens with zero attached hydrogens (tertiary/aromatic N) is 3. The molecule has 31 heavy (non-hydrogen) atoms. The monoisotopic (exact) mass is 416 g/mol. The molecule has 0 atom stereocenters. The van der Waals surface area contributed by atoms with Crippen LogP contribution in [0.3, 0.4) is 0 Å². The molecule has 2 aromatic carbocycles. The lowest BCUT2D eigenvalue weighted by atomic mass is 10.1. The van der Waals surface area contributed by atoms with Crippen molar-refractivity contribution in [2.45, 2.75) is 26.8 Å². The predicted molar refractivity (Wildman–Crippen MR) is 121 cm³/mol. The number of benzene rings is 2. The van der Waals surface area contributed by atoms with Gasteiger partial charge in [0.1, 0.15) is 12.3 Å². The summed E-state index contributed by atoms with van der Waals surface area (Å²) in [6.07, 6.45) is 2.46. The Hall–Kier alpha value is -3.87. The zero-order valence-corrected chi connectivity index (χ0v) is 17.5. The number of hydrogen-bond donors (Lipinski definition) is 1. The van der Waals surface area contributed by atoms with Crippen molar-refractivity contribution in [3.8, 4) is 11.4 Å². The highest BCUT2D eigenvalue weighted by Crippen LogP contribution is 2.24. The number of pyridine rings is 1.